The van der Waals surface area contributed by atoms with Crippen LogP contribution < -0.4 is 0 Å². The molecule has 0 bridgehead atoms. The Labute approximate surface area is 120 Å². The van der Waals surface area contributed by atoms with Crippen LogP contribution in [-0.4, -0.2) is 47.0 Å². The lowest BCUT2D eigenvalue weighted by atomic mass is 10.0. The van der Waals surface area contributed by atoms with E-state index in [9.17, 15) is 4.79 Å². The minimum absolute atomic E-state index is 0.0450. The SMILES string of the molecule is CCCC[C@@H]1C(=O)N(C)CCN1Cc1ccc(CO)o1. The van der Waals surface area contributed by atoms with Gasteiger partial charge in [-0.1, -0.05) is 19.8 Å². The van der Waals surface area contributed by atoms with Crippen LogP contribution in [0.1, 0.15) is 37.7 Å². The lowest BCUT2D eigenvalue weighted by Gasteiger charge is -2.38. The number of piperazine rings is 1. The largest absolute Gasteiger partial charge is 0.462 e. The maximum absolute atomic E-state index is 12.3. The Morgan fingerprint density at radius 3 is 2.75 bits per heavy atom. The van der Waals surface area contributed by atoms with Crippen molar-refractivity contribution in [1.82, 2.24) is 9.80 Å². The van der Waals surface area contributed by atoms with Gasteiger partial charge in [0, 0.05) is 20.1 Å². The Balaban J connectivity index is 2.04. The summed E-state index contributed by atoms with van der Waals surface area (Å²) in [6, 6.07) is 3.62. The predicted molar refractivity (Wildman–Crippen MR) is 76.0 cm³/mol. The molecule has 1 saturated heterocycles. The first-order valence-electron chi connectivity index (χ1n) is 7.33. The highest BCUT2D eigenvalue weighted by atomic mass is 16.4. The van der Waals surface area contributed by atoms with Gasteiger partial charge in [0.25, 0.3) is 0 Å². The van der Waals surface area contributed by atoms with Crippen molar-refractivity contribution in [1.29, 1.82) is 0 Å². The van der Waals surface area contributed by atoms with Crippen molar-refractivity contribution in [3.63, 3.8) is 0 Å². The number of aliphatic hydroxyl groups excluding tert-OH is 1. The second-order valence-electron chi connectivity index (χ2n) is 5.41. The van der Waals surface area contributed by atoms with Crippen LogP contribution in [0.4, 0.5) is 0 Å². The second kappa shape index (κ2) is 6.90. The molecule has 0 saturated carbocycles. The number of likely N-dealkylation sites (N-methyl/N-ethyl adjacent to an activating group) is 1. The van der Waals surface area contributed by atoms with Gasteiger partial charge >= 0.3 is 0 Å². The Hall–Kier alpha value is -1.33. The Morgan fingerprint density at radius 2 is 2.10 bits per heavy atom. The van der Waals surface area contributed by atoms with Crippen LogP contribution in [-0.2, 0) is 17.9 Å². The third-order valence-electron chi connectivity index (χ3n) is 3.89. The third kappa shape index (κ3) is 3.41. The van der Waals surface area contributed by atoms with Crippen molar-refractivity contribution >= 4 is 5.91 Å². The summed E-state index contributed by atoms with van der Waals surface area (Å²) in [5.41, 5.74) is 0. The van der Waals surface area contributed by atoms with Gasteiger partial charge in [-0.15, -0.1) is 0 Å². The molecule has 2 heterocycles. The van der Waals surface area contributed by atoms with Gasteiger partial charge in [-0.25, -0.2) is 0 Å². The van der Waals surface area contributed by atoms with E-state index >= 15 is 0 Å². The molecule has 0 radical (unpaired) electrons. The molecule has 1 amide bonds. The van der Waals surface area contributed by atoms with E-state index in [1.807, 2.05) is 18.0 Å². The fraction of sp³-hybridized carbons (Fsp3) is 0.667. The van der Waals surface area contributed by atoms with Crippen molar-refractivity contribution in [3.8, 4) is 0 Å². The minimum atomic E-state index is -0.0824. The number of carbonyl (C=O) groups excluding carboxylic acids is 1. The van der Waals surface area contributed by atoms with E-state index in [1.54, 1.807) is 6.07 Å². The Morgan fingerprint density at radius 1 is 1.35 bits per heavy atom. The molecule has 0 aromatic carbocycles. The van der Waals surface area contributed by atoms with Gasteiger partial charge in [0.1, 0.15) is 18.1 Å². The van der Waals surface area contributed by atoms with Gasteiger partial charge in [-0.05, 0) is 18.6 Å². The molecule has 1 atom stereocenters. The average molecular weight is 280 g/mol. The molecule has 0 unspecified atom stereocenters. The summed E-state index contributed by atoms with van der Waals surface area (Å²) >= 11 is 0. The van der Waals surface area contributed by atoms with Crippen LogP contribution in [0.5, 0.6) is 0 Å². The molecular formula is C15H24N2O3. The highest BCUT2D eigenvalue weighted by molar-refractivity contribution is 5.82. The van der Waals surface area contributed by atoms with Gasteiger partial charge in [0.05, 0.1) is 12.6 Å². The summed E-state index contributed by atoms with van der Waals surface area (Å²) in [6.45, 7) is 4.32. The number of aliphatic hydroxyl groups is 1. The number of hydrogen-bond acceptors (Lipinski definition) is 4. The summed E-state index contributed by atoms with van der Waals surface area (Å²) < 4.78 is 5.53. The molecule has 0 spiro atoms. The van der Waals surface area contributed by atoms with Gasteiger partial charge in [0.2, 0.25) is 5.91 Å². The van der Waals surface area contributed by atoms with Crippen molar-refractivity contribution in [2.24, 2.45) is 0 Å². The standard InChI is InChI=1S/C15H24N2O3/c1-3-4-5-14-15(19)16(2)8-9-17(14)10-12-6-7-13(11-18)20-12/h6-7,14,18H,3-5,8-11H2,1-2H3/t14-/m1/s1. The number of carbonyl (C=O) groups is 1. The number of unbranched alkanes of at least 4 members (excludes halogenated alkanes) is 1. The maximum atomic E-state index is 12.3. The molecule has 5 heteroatoms. The highest BCUT2D eigenvalue weighted by Gasteiger charge is 2.32. The van der Waals surface area contributed by atoms with Crippen LogP contribution in [0, 0.1) is 0 Å². The van der Waals surface area contributed by atoms with E-state index in [4.69, 9.17) is 9.52 Å². The Kier molecular flexibility index (Phi) is 5.20. The number of rotatable bonds is 6. The van der Waals surface area contributed by atoms with Crippen LogP contribution >= 0.6 is 0 Å². The fourth-order valence-electron chi connectivity index (χ4n) is 2.64. The summed E-state index contributed by atoms with van der Waals surface area (Å²) in [5.74, 6) is 1.59. The van der Waals surface area contributed by atoms with E-state index < -0.39 is 0 Å². The zero-order valence-corrected chi connectivity index (χ0v) is 12.3. The first kappa shape index (κ1) is 15.1. The number of nitrogens with zero attached hydrogens (tertiary/aromatic N) is 2. The van der Waals surface area contributed by atoms with E-state index in [0.29, 0.717) is 12.3 Å². The fourth-order valence-corrected chi connectivity index (χ4v) is 2.64. The van der Waals surface area contributed by atoms with Crippen LogP contribution in [0.25, 0.3) is 0 Å². The van der Waals surface area contributed by atoms with Crippen LogP contribution in [0.2, 0.25) is 0 Å². The van der Waals surface area contributed by atoms with Crippen molar-refractivity contribution in [3.05, 3.63) is 23.7 Å². The van der Waals surface area contributed by atoms with E-state index in [2.05, 4.69) is 11.8 Å². The quantitative estimate of drug-likeness (QED) is 0.860. The summed E-state index contributed by atoms with van der Waals surface area (Å²) in [4.78, 5) is 16.3. The Bertz CT molecular complexity index is 444. The number of amides is 1. The molecule has 0 aliphatic carbocycles. The molecule has 5 nitrogen and oxygen atoms in total. The highest BCUT2D eigenvalue weighted by Crippen LogP contribution is 2.20. The summed E-state index contributed by atoms with van der Waals surface area (Å²) in [6.07, 6.45) is 3.05. The topological polar surface area (TPSA) is 56.9 Å². The average Bonchev–Trinajstić information content (AvgIpc) is 2.90. The van der Waals surface area contributed by atoms with Gasteiger partial charge in [0.15, 0.2) is 0 Å². The lowest BCUT2D eigenvalue weighted by molar-refractivity contribution is -0.141. The van der Waals surface area contributed by atoms with Crippen molar-refractivity contribution in [2.75, 3.05) is 20.1 Å². The molecule has 1 aliphatic heterocycles. The second-order valence-corrected chi connectivity index (χ2v) is 5.41. The van der Waals surface area contributed by atoms with E-state index in [-0.39, 0.29) is 18.6 Å². The van der Waals surface area contributed by atoms with Crippen LogP contribution in [0.15, 0.2) is 16.5 Å². The normalized spacial score (nSPS) is 20.6. The van der Waals surface area contributed by atoms with Gasteiger partial charge < -0.3 is 14.4 Å². The molecule has 112 valence electrons. The first-order valence-corrected chi connectivity index (χ1v) is 7.33. The molecule has 2 rings (SSSR count). The van der Waals surface area contributed by atoms with Crippen molar-refractivity contribution in [2.45, 2.75) is 45.4 Å². The third-order valence-corrected chi connectivity index (χ3v) is 3.89. The van der Waals surface area contributed by atoms with Gasteiger partial charge in [-0.2, -0.15) is 0 Å². The molecule has 1 aromatic heterocycles. The minimum Gasteiger partial charge on any atom is -0.462 e. The summed E-state index contributed by atoms with van der Waals surface area (Å²) in [5, 5.41) is 9.03. The van der Waals surface area contributed by atoms with E-state index in [0.717, 1.165) is 38.1 Å². The number of furan rings is 1. The molecule has 1 fully saturated rings. The van der Waals surface area contributed by atoms with Crippen molar-refractivity contribution < 1.29 is 14.3 Å². The number of hydrogen-bond donors (Lipinski definition) is 1. The molecule has 1 N–H and O–H groups in total. The van der Waals surface area contributed by atoms with Gasteiger partial charge in [-0.3, -0.25) is 9.69 Å². The predicted octanol–water partition coefficient (Wildman–Crippen LogP) is 1.60. The van der Waals surface area contributed by atoms with Crippen LogP contribution in [0.3, 0.4) is 0 Å². The summed E-state index contributed by atoms with van der Waals surface area (Å²) in [7, 11) is 1.87. The van der Waals surface area contributed by atoms with E-state index in [1.165, 1.54) is 0 Å². The zero-order valence-electron chi connectivity index (χ0n) is 12.3. The smallest absolute Gasteiger partial charge is 0.239 e. The molecular weight excluding hydrogens is 256 g/mol. The maximum Gasteiger partial charge on any atom is 0.239 e. The lowest BCUT2D eigenvalue weighted by Crippen LogP contribution is -2.55. The molecule has 1 aromatic rings. The molecule has 20 heavy (non-hydrogen) atoms. The molecule has 1 aliphatic rings. The first-order chi connectivity index (χ1) is 9.65. The zero-order chi connectivity index (χ0) is 14.5. The monoisotopic (exact) mass is 280 g/mol.